The number of piperidine rings is 1. The first kappa shape index (κ1) is 20.3. The average molecular weight is 472 g/mol. The van der Waals surface area contributed by atoms with Gasteiger partial charge in [-0.2, -0.15) is 0 Å². The number of nitrogens with one attached hydrogen (secondary N) is 1. The van der Waals surface area contributed by atoms with E-state index in [0.29, 0.717) is 35.1 Å². The molecular formula is C26H29F2N3O3. The third-order valence-electron chi connectivity index (χ3n) is 7.33. The first-order valence-corrected chi connectivity index (χ1v) is 11.3. The number of nitrogen functional groups attached to an aromatic ring is 1. The molecule has 6 nitrogen and oxygen atoms in total. The van der Waals surface area contributed by atoms with Crippen LogP contribution in [-0.2, 0) is 6.50 Å². The number of rotatable bonds is 5. The van der Waals surface area contributed by atoms with Gasteiger partial charge >= 0.3 is 5.97 Å². The number of ether oxygens (including phenoxy) is 1. The molecular weight excluding hydrogens is 440 g/mol. The maximum Gasteiger partial charge on any atom is 0.335 e. The van der Waals surface area contributed by atoms with Crippen molar-refractivity contribution >= 4 is 22.6 Å². The molecule has 1 atom stereocenters. The van der Waals surface area contributed by atoms with Crippen LogP contribution >= 0.6 is 0 Å². The topological polar surface area (TPSA) is 91.6 Å². The van der Waals surface area contributed by atoms with Gasteiger partial charge in [0.15, 0.2) is 0 Å². The van der Waals surface area contributed by atoms with Crippen LogP contribution in [0, 0.1) is 12.3 Å². The molecule has 2 aromatic carbocycles. The van der Waals surface area contributed by atoms with Crippen LogP contribution in [0.1, 0.15) is 61.5 Å². The monoisotopic (exact) mass is 471 g/mol. The molecule has 1 saturated carbocycles. The lowest BCUT2D eigenvalue weighted by molar-refractivity contribution is -0.186. The van der Waals surface area contributed by atoms with Gasteiger partial charge in [0.1, 0.15) is 5.75 Å². The quantitative estimate of drug-likeness (QED) is 0.426. The summed E-state index contributed by atoms with van der Waals surface area (Å²) in [4.78, 5) is 16.3. The summed E-state index contributed by atoms with van der Waals surface area (Å²) < 4.78 is 52.3. The molecule has 0 radical (unpaired) electrons. The molecule has 1 aromatic heterocycles. The molecule has 1 aliphatic heterocycles. The summed E-state index contributed by atoms with van der Waals surface area (Å²) in [6.07, 6.45) is 1.99. The van der Waals surface area contributed by atoms with E-state index < -0.39 is 29.8 Å². The number of methoxy groups -OCH3 is 1. The standard InChI is InChI=1S/C26H29F2N3O3/c1-15-9-22(34-2)19(17-5-7-30-23(15)17)12-31-8-6-25(13-26(27,28)14-25)11-21(31)18-4-3-16(24(32)33)10-20(18)29/h3-5,7,9-10,21,30H,6,8,11-14,29H2,1-2H3,(H,32,33)/i12D2. The number of carbonyl (C=O) groups is 1. The molecule has 1 spiro atoms. The minimum Gasteiger partial charge on any atom is -0.496 e. The fourth-order valence-electron chi connectivity index (χ4n) is 5.72. The lowest BCUT2D eigenvalue weighted by atomic mass is 9.59. The zero-order valence-corrected chi connectivity index (χ0v) is 19.1. The molecule has 2 aliphatic rings. The Hall–Kier alpha value is -3.13. The van der Waals surface area contributed by atoms with E-state index in [9.17, 15) is 21.4 Å². The SMILES string of the molecule is [2H]C([2H])(c1c(OC)cc(C)c2[nH]ccc12)N1CCC2(CC1c1ccc(C(=O)O)cc1N)CC(F)(F)C2. The Morgan fingerprint density at radius 1 is 1.35 bits per heavy atom. The number of hydrogen-bond donors (Lipinski definition) is 3. The van der Waals surface area contributed by atoms with Crippen molar-refractivity contribution in [2.45, 2.75) is 51.1 Å². The number of anilines is 1. The predicted molar refractivity (Wildman–Crippen MR) is 126 cm³/mol. The van der Waals surface area contributed by atoms with Gasteiger partial charge in [-0.3, -0.25) is 4.90 Å². The molecule has 4 N–H and O–H groups in total. The van der Waals surface area contributed by atoms with Crippen LogP contribution in [0.2, 0.25) is 0 Å². The van der Waals surface area contributed by atoms with Crippen molar-refractivity contribution in [3.05, 3.63) is 58.8 Å². The smallest absolute Gasteiger partial charge is 0.335 e. The third-order valence-corrected chi connectivity index (χ3v) is 7.33. The second kappa shape index (κ2) is 7.98. The van der Waals surface area contributed by atoms with Crippen molar-refractivity contribution < 1.29 is 26.2 Å². The van der Waals surface area contributed by atoms with Crippen molar-refractivity contribution in [1.29, 1.82) is 0 Å². The number of halogens is 2. The van der Waals surface area contributed by atoms with Crippen LogP contribution in [0.5, 0.6) is 5.75 Å². The van der Waals surface area contributed by atoms with E-state index in [2.05, 4.69) is 4.98 Å². The summed E-state index contributed by atoms with van der Waals surface area (Å²) in [6, 6.07) is 7.32. The summed E-state index contributed by atoms with van der Waals surface area (Å²) in [5.41, 5.74) is 8.49. The van der Waals surface area contributed by atoms with E-state index in [-0.39, 0.29) is 30.6 Å². The molecule has 1 unspecified atom stereocenters. The number of aromatic nitrogens is 1. The maximum absolute atomic E-state index is 14.0. The maximum atomic E-state index is 14.0. The first-order chi connectivity index (χ1) is 16.9. The fraction of sp³-hybridized carbons (Fsp3) is 0.423. The van der Waals surface area contributed by atoms with Crippen molar-refractivity contribution in [1.82, 2.24) is 9.88 Å². The lowest BCUT2D eigenvalue weighted by Gasteiger charge is -2.55. The van der Waals surface area contributed by atoms with Gasteiger partial charge in [-0.05, 0) is 67.1 Å². The summed E-state index contributed by atoms with van der Waals surface area (Å²) in [6.45, 7) is 0.0996. The fourth-order valence-corrected chi connectivity index (χ4v) is 5.72. The van der Waals surface area contributed by atoms with Gasteiger partial charge in [0.2, 0.25) is 5.92 Å². The number of carboxylic acids is 1. The number of aromatic carboxylic acids is 1. The number of aryl methyl sites for hydroxylation is 1. The van der Waals surface area contributed by atoms with Crippen LogP contribution in [-0.4, -0.2) is 40.5 Å². The molecule has 1 aliphatic carbocycles. The molecule has 2 fully saturated rings. The van der Waals surface area contributed by atoms with Crippen LogP contribution in [0.3, 0.4) is 0 Å². The number of nitrogens with zero attached hydrogens (tertiary/aromatic N) is 1. The van der Waals surface area contributed by atoms with Crippen molar-refractivity contribution in [3.8, 4) is 5.75 Å². The van der Waals surface area contributed by atoms with E-state index in [1.165, 1.54) is 19.2 Å². The van der Waals surface area contributed by atoms with Gasteiger partial charge in [-0.25, -0.2) is 13.6 Å². The molecule has 5 rings (SSSR count). The number of hydrogen-bond acceptors (Lipinski definition) is 4. The number of alkyl halides is 2. The second-order valence-electron chi connectivity index (χ2n) is 9.67. The zero-order chi connectivity index (χ0) is 26.0. The van der Waals surface area contributed by atoms with Gasteiger partial charge in [0.05, 0.1) is 12.7 Å². The predicted octanol–water partition coefficient (Wildman–Crippen LogP) is 5.52. The van der Waals surface area contributed by atoms with Crippen LogP contribution in [0.4, 0.5) is 14.5 Å². The number of carboxylic acid groups (broad SMARTS) is 1. The highest BCUT2D eigenvalue weighted by Crippen LogP contribution is 2.61. The van der Waals surface area contributed by atoms with Crippen LogP contribution < -0.4 is 10.5 Å². The van der Waals surface area contributed by atoms with Crippen molar-refractivity contribution in [3.63, 3.8) is 0 Å². The van der Waals surface area contributed by atoms with Gasteiger partial charge in [-0.15, -0.1) is 0 Å². The minimum absolute atomic E-state index is 0.0146. The normalized spacial score (nSPS) is 22.8. The Morgan fingerprint density at radius 2 is 2.12 bits per heavy atom. The Morgan fingerprint density at radius 3 is 2.76 bits per heavy atom. The number of likely N-dealkylation sites (tertiary alicyclic amines) is 1. The van der Waals surface area contributed by atoms with Crippen LogP contribution in [0.15, 0.2) is 36.5 Å². The molecule has 180 valence electrons. The number of aromatic amines is 1. The highest BCUT2D eigenvalue weighted by Gasteiger charge is 2.58. The molecule has 8 heteroatoms. The van der Waals surface area contributed by atoms with Crippen LogP contribution in [0.25, 0.3) is 10.9 Å². The molecule has 0 bridgehead atoms. The van der Waals surface area contributed by atoms with Crippen molar-refractivity contribution in [2.24, 2.45) is 5.41 Å². The van der Waals surface area contributed by atoms with Gasteiger partial charge in [0, 0.05) is 56.5 Å². The molecule has 1 saturated heterocycles. The Labute approximate surface area is 199 Å². The van der Waals surface area contributed by atoms with E-state index in [4.69, 9.17) is 10.5 Å². The lowest BCUT2D eigenvalue weighted by Crippen LogP contribution is -2.53. The Kier molecular flexibility index (Phi) is 4.75. The molecule has 34 heavy (non-hydrogen) atoms. The average Bonchev–Trinajstić information content (AvgIpc) is 3.27. The zero-order valence-electron chi connectivity index (χ0n) is 21.1. The summed E-state index contributed by atoms with van der Waals surface area (Å²) in [7, 11) is 1.49. The van der Waals surface area contributed by atoms with Gasteiger partial charge in [0.25, 0.3) is 0 Å². The number of H-pyrrole nitrogens is 1. The van der Waals surface area contributed by atoms with Gasteiger partial charge < -0.3 is 20.6 Å². The number of benzene rings is 2. The molecule has 3 aromatic rings. The van der Waals surface area contributed by atoms with E-state index in [1.807, 2.05) is 6.92 Å². The summed E-state index contributed by atoms with van der Waals surface area (Å²) in [5.74, 6) is -3.45. The van der Waals surface area contributed by atoms with E-state index >= 15 is 0 Å². The number of nitrogens with two attached hydrogens (primary N) is 1. The number of fused-ring (bicyclic) bond motifs is 1. The van der Waals surface area contributed by atoms with E-state index in [1.54, 1.807) is 29.3 Å². The minimum atomic E-state index is -2.72. The Balaban J connectivity index is 1.63. The van der Waals surface area contributed by atoms with Crippen molar-refractivity contribution in [2.75, 3.05) is 19.4 Å². The summed E-state index contributed by atoms with van der Waals surface area (Å²) in [5, 5.41) is 10.0. The largest absolute Gasteiger partial charge is 0.496 e. The van der Waals surface area contributed by atoms with E-state index in [0.717, 1.165) is 11.1 Å². The Bertz CT molecular complexity index is 1350. The third kappa shape index (κ3) is 3.79. The second-order valence-corrected chi connectivity index (χ2v) is 9.67. The summed E-state index contributed by atoms with van der Waals surface area (Å²) >= 11 is 0. The molecule has 0 amide bonds. The molecule has 2 heterocycles. The highest BCUT2D eigenvalue weighted by atomic mass is 19.3. The van der Waals surface area contributed by atoms with Gasteiger partial charge in [-0.1, -0.05) is 6.07 Å². The first-order valence-electron chi connectivity index (χ1n) is 12.3. The highest BCUT2D eigenvalue weighted by molar-refractivity contribution is 5.89.